The van der Waals surface area contributed by atoms with Crippen molar-refractivity contribution in [3.05, 3.63) is 36.6 Å². The summed E-state index contributed by atoms with van der Waals surface area (Å²) in [6, 6.07) is 0. The van der Waals surface area contributed by atoms with E-state index in [4.69, 9.17) is 4.42 Å². The van der Waals surface area contributed by atoms with Gasteiger partial charge in [-0.25, -0.2) is 9.97 Å². The lowest BCUT2D eigenvalue weighted by atomic mass is 10.3. The summed E-state index contributed by atoms with van der Waals surface area (Å²) in [5.74, 6) is 3.03. The van der Waals surface area contributed by atoms with Gasteiger partial charge >= 0.3 is 0 Å². The van der Waals surface area contributed by atoms with E-state index in [0.717, 1.165) is 56.0 Å². The van der Waals surface area contributed by atoms with Crippen LogP contribution in [-0.4, -0.2) is 55.6 Å². The molecule has 1 saturated carbocycles. The predicted molar refractivity (Wildman–Crippen MR) is 86.8 cm³/mol. The fraction of sp³-hybridized carbons (Fsp3) is 0.500. The van der Waals surface area contributed by atoms with Crippen molar-refractivity contribution < 1.29 is 4.42 Å². The average molecular weight is 325 g/mol. The molecule has 3 aromatic heterocycles. The molecule has 24 heavy (non-hydrogen) atoms. The van der Waals surface area contributed by atoms with Crippen molar-refractivity contribution in [1.82, 2.24) is 29.5 Å². The monoisotopic (exact) mass is 325 g/mol. The van der Waals surface area contributed by atoms with E-state index in [-0.39, 0.29) is 0 Å². The highest BCUT2D eigenvalue weighted by Gasteiger charge is 2.30. The van der Waals surface area contributed by atoms with Gasteiger partial charge in [-0.15, -0.1) is 10.2 Å². The summed E-state index contributed by atoms with van der Waals surface area (Å²) < 4.78 is 7.77. The Morgan fingerprint density at radius 2 is 1.79 bits per heavy atom. The van der Waals surface area contributed by atoms with Crippen LogP contribution in [0.25, 0.3) is 5.65 Å². The van der Waals surface area contributed by atoms with Crippen LogP contribution in [0.3, 0.4) is 0 Å². The molecule has 0 bridgehead atoms. The Hall–Kier alpha value is -2.48. The van der Waals surface area contributed by atoms with Crippen LogP contribution < -0.4 is 4.90 Å². The molecule has 8 heteroatoms. The lowest BCUT2D eigenvalue weighted by Gasteiger charge is -2.34. The van der Waals surface area contributed by atoms with E-state index in [2.05, 4.69) is 30.0 Å². The molecule has 2 aliphatic rings. The lowest BCUT2D eigenvalue weighted by molar-refractivity contribution is 0.224. The van der Waals surface area contributed by atoms with Crippen molar-refractivity contribution in [3.63, 3.8) is 0 Å². The van der Waals surface area contributed by atoms with Crippen LogP contribution in [0.5, 0.6) is 0 Å². The maximum atomic E-state index is 5.77. The normalized spacial score (nSPS) is 19.2. The summed E-state index contributed by atoms with van der Waals surface area (Å²) in [7, 11) is 0. The van der Waals surface area contributed by atoms with Crippen molar-refractivity contribution >= 4 is 11.5 Å². The minimum atomic E-state index is 0.518. The Morgan fingerprint density at radius 3 is 2.58 bits per heavy atom. The van der Waals surface area contributed by atoms with E-state index in [9.17, 15) is 0 Å². The fourth-order valence-corrected chi connectivity index (χ4v) is 3.20. The minimum Gasteiger partial charge on any atom is -0.424 e. The average Bonchev–Trinajstić information content (AvgIpc) is 3.17. The summed E-state index contributed by atoms with van der Waals surface area (Å²) in [4.78, 5) is 13.6. The molecule has 124 valence electrons. The molecule has 3 aromatic rings. The first-order valence-corrected chi connectivity index (χ1v) is 8.44. The van der Waals surface area contributed by atoms with Crippen molar-refractivity contribution in [3.8, 4) is 0 Å². The third-order valence-corrected chi connectivity index (χ3v) is 4.73. The highest BCUT2D eigenvalue weighted by atomic mass is 16.4. The van der Waals surface area contributed by atoms with Gasteiger partial charge in [0.2, 0.25) is 11.8 Å². The largest absolute Gasteiger partial charge is 0.424 e. The Bertz CT molecular complexity index is 845. The first-order valence-electron chi connectivity index (χ1n) is 8.44. The number of piperazine rings is 1. The maximum Gasteiger partial charge on any atom is 0.230 e. The highest BCUT2D eigenvalue weighted by Crippen LogP contribution is 2.39. The zero-order valence-corrected chi connectivity index (χ0v) is 13.4. The van der Waals surface area contributed by atoms with E-state index in [1.54, 1.807) is 0 Å². The van der Waals surface area contributed by atoms with Crippen LogP contribution in [0.15, 0.2) is 29.2 Å². The molecule has 4 heterocycles. The number of hydrogen-bond donors (Lipinski definition) is 0. The van der Waals surface area contributed by atoms with Gasteiger partial charge in [-0.2, -0.15) is 0 Å². The van der Waals surface area contributed by atoms with E-state index >= 15 is 0 Å². The van der Waals surface area contributed by atoms with Crippen molar-refractivity contribution in [2.45, 2.75) is 25.3 Å². The highest BCUT2D eigenvalue weighted by molar-refractivity contribution is 5.64. The Balaban J connectivity index is 1.24. The Morgan fingerprint density at radius 1 is 1.00 bits per heavy atom. The lowest BCUT2D eigenvalue weighted by Crippen LogP contribution is -2.46. The van der Waals surface area contributed by atoms with Gasteiger partial charge in [0.05, 0.1) is 6.54 Å². The second-order valence-corrected chi connectivity index (χ2v) is 6.48. The van der Waals surface area contributed by atoms with E-state index in [1.165, 1.54) is 12.8 Å². The van der Waals surface area contributed by atoms with Crippen LogP contribution in [-0.2, 0) is 6.54 Å². The zero-order chi connectivity index (χ0) is 15.9. The molecule has 2 fully saturated rings. The fourth-order valence-electron chi connectivity index (χ4n) is 3.20. The van der Waals surface area contributed by atoms with Gasteiger partial charge in [0.1, 0.15) is 0 Å². The van der Waals surface area contributed by atoms with Crippen molar-refractivity contribution in [1.29, 1.82) is 0 Å². The summed E-state index contributed by atoms with van der Waals surface area (Å²) in [5.41, 5.74) is 0.914. The SMILES string of the molecule is c1cn2ccnc2c(N2CCN(Cc3nnc(C4CC4)o3)CC2)n1. The molecule has 0 radical (unpaired) electrons. The summed E-state index contributed by atoms with van der Waals surface area (Å²) in [5, 5.41) is 8.34. The molecule has 5 rings (SSSR count). The molecule has 0 unspecified atom stereocenters. The van der Waals surface area contributed by atoms with Gasteiger partial charge in [0, 0.05) is 56.9 Å². The van der Waals surface area contributed by atoms with Crippen LogP contribution in [0.2, 0.25) is 0 Å². The number of hydrogen-bond acceptors (Lipinski definition) is 7. The molecule has 1 saturated heterocycles. The maximum absolute atomic E-state index is 5.77. The number of nitrogens with zero attached hydrogens (tertiary/aromatic N) is 7. The Kier molecular flexibility index (Phi) is 3.22. The van der Waals surface area contributed by atoms with Gasteiger partial charge in [0.15, 0.2) is 11.5 Å². The van der Waals surface area contributed by atoms with Crippen molar-refractivity contribution in [2.75, 3.05) is 31.1 Å². The third-order valence-electron chi connectivity index (χ3n) is 4.73. The minimum absolute atomic E-state index is 0.518. The molecule has 0 spiro atoms. The molecule has 8 nitrogen and oxygen atoms in total. The number of aromatic nitrogens is 5. The number of imidazole rings is 1. The molecule has 0 amide bonds. The zero-order valence-electron chi connectivity index (χ0n) is 13.4. The van der Waals surface area contributed by atoms with Gasteiger partial charge in [-0.3, -0.25) is 4.90 Å². The van der Waals surface area contributed by atoms with Crippen molar-refractivity contribution in [2.24, 2.45) is 0 Å². The molecular weight excluding hydrogens is 306 g/mol. The second-order valence-electron chi connectivity index (χ2n) is 6.48. The summed E-state index contributed by atoms with van der Waals surface area (Å²) in [6.07, 6.45) is 9.89. The van der Waals surface area contributed by atoms with Gasteiger partial charge < -0.3 is 13.7 Å². The van der Waals surface area contributed by atoms with Gasteiger partial charge in [0.25, 0.3) is 0 Å². The second kappa shape index (κ2) is 5.55. The molecule has 0 atom stereocenters. The smallest absolute Gasteiger partial charge is 0.230 e. The summed E-state index contributed by atoms with van der Waals surface area (Å²) in [6.45, 7) is 4.47. The quantitative estimate of drug-likeness (QED) is 0.716. The van der Waals surface area contributed by atoms with Crippen LogP contribution in [0, 0.1) is 0 Å². The van der Waals surface area contributed by atoms with E-state index in [1.807, 2.05) is 29.2 Å². The predicted octanol–water partition coefficient (Wildman–Crippen LogP) is 1.31. The van der Waals surface area contributed by atoms with Gasteiger partial charge in [-0.1, -0.05) is 0 Å². The molecule has 1 aliphatic heterocycles. The molecule has 0 aromatic carbocycles. The molecule has 1 aliphatic carbocycles. The first kappa shape index (κ1) is 13.9. The van der Waals surface area contributed by atoms with Crippen LogP contribution in [0.1, 0.15) is 30.5 Å². The number of anilines is 1. The van der Waals surface area contributed by atoms with Crippen LogP contribution in [0.4, 0.5) is 5.82 Å². The van der Waals surface area contributed by atoms with Crippen LogP contribution >= 0.6 is 0 Å². The molecule has 0 N–H and O–H groups in total. The summed E-state index contributed by atoms with van der Waals surface area (Å²) >= 11 is 0. The molecular formula is C16H19N7O. The number of rotatable bonds is 4. The van der Waals surface area contributed by atoms with Gasteiger partial charge in [-0.05, 0) is 12.8 Å². The standard InChI is InChI=1S/C16H19N7O/c1-2-12(1)16-20-19-13(24-16)11-21-7-9-23(10-8-21)15-14-17-3-5-22(14)6-4-18-15/h3-6,12H,1-2,7-11H2. The topological polar surface area (TPSA) is 75.6 Å². The van der Waals surface area contributed by atoms with E-state index < -0.39 is 0 Å². The Labute approximate surface area is 139 Å². The number of fused-ring (bicyclic) bond motifs is 1. The first-order chi connectivity index (χ1) is 11.9. The third kappa shape index (κ3) is 2.52. The van der Waals surface area contributed by atoms with E-state index in [0.29, 0.717) is 5.92 Å².